The summed E-state index contributed by atoms with van der Waals surface area (Å²) in [6, 6.07) is 14.1. The quantitative estimate of drug-likeness (QED) is 0.780. The number of benzene rings is 2. The SMILES string of the molecule is CC1(C)c2ccccc2Sc2ccc(B(O)O)cc21. The first-order valence-corrected chi connectivity index (χ1v) is 7.10. The fourth-order valence-corrected chi connectivity index (χ4v) is 4.00. The number of fused-ring (bicyclic) bond motifs is 2. The molecule has 2 nitrogen and oxygen atoms in total. The van der Waals surface area contributed by atoms with Crippen LogP contribution in [0.5, 0.6) is 0 Å². The molecule has 0 fully saturated rings. The van der Waals surface area contributed by atoms with Gasteiger partial charge < -0.3 is 10.0 Å². The maximum Gasteiger partial charge on any atom is 0.488 e. The molecule has 0 spiro atoms. The van der Waals surface area contributed by atoms with Gasteiger partial charge in [-0.25, -0.2) is 0 Å². The van der Waals surface area contributed by atoms with Crippen molar-refractivity contribution >= 4 is 24.3 Å². The molecular weight excluding hydrogens is 255 g/mol. The highest BCUT2D eigenvalue weighted by Gasteiger charge is 2.33. The van der Waals surface area contributed by atoms with Crippen LogP contribution in [0.25, 0.3) is 0 Å². The molecule has 0 aromatic heterocycles. The molecule has 96 valence electrons. The van der Waals surface area contributed by atoms with Gasteiger partial charge in [0.2, 0.25) is 0 Å². The zero-order valence-corrected chi connectivity index (χ0v) is 11.7. The van der Waals surface area contributed by atoms with Crippen LogP contribution in [0.2, 0.25) is 0 Å². The molecule has 19 heavy (non-hydrogen) atoms. The standard InChI is InChI=1S/C15H15BO2S/c1-15(2)11-5-3-4-6-13(11)19-14-8-7-10(16(17)18)9-12(14)15/h3-9,17-18H,1-2H3. The second-order valence-electron chi connectivity index (χ2n) is 5.35. The topological polar surface area (TPSA) is 40.5 Å². The summed E-state index contributed by atoms with van der Waals surface area (Å²) in [6.45, 7) is 4.36. The summed E-state index contributed by atoms with van der Waals surface area (Å²) in [7, 11) is -1.41. The zero-order valence-electron chi connectivity index (χ0n) is 10.9. The average Bonchev–Trinajstić information content (AvgIpc) is 2.38. The zero-order chi connectivity index (χ0) is 13.6. The second-order valence-corrected chi connectivity index (χ2v) is 6.44. The van der Waals surface area contributed by atoms with Crippen LogP contribution in [0.1, 0.15) is 25.0 Å². The Bertz CT molecular complexity index is 638. The maximum absolute atomic E-state index is 9.34. The number of hydrogen-bond donors (Lipinski definition) is 2. The lowest BCUT2D eigenvalue weighted by Gasteiger charge is -2.34. The highest BCUT2D eigenvalue weighted by atomic mass is 32.2. The molecule has 1 aliphatic rings. The van der Waals surface area contributed by atoms with Crippen molar-refractivity contribution in [1.82, 2.24) is 0 Å². The van der Waals surface area contributed by atoms with Crippen LogP contribution in [0.15, 0.2) is 52.3 Å². The van der Waals surface area contributed by atoms with Crippen molar-refractivity contribution in [2.45, 2.75) is 29.1 Å². The Morgan fingerprint density at radius 2 is 1.63 bits per heavy atom. The molecule has 0 unspecified atom stereocenters. The van der Waals surface area contributed by atoms with Crippen molar-refractivity contribution in [1.29, 1.82) is 0 Å². The van der Waals surface area contributed by atoms with Gasteiger partial charge in [0, 0.05) is 15.2 Å². The van der Waals surface area contributed by atoms with E-state index in [1.54, 1.807) is 17.8 Å². The Labute approximate surface area is 117 Å². The molecule has 0 atom stereocenters. The highest BCUT2D eigenvalue weighted by molar-refractivity contribution is 7.99. The summed E-state index contributed by atoms with van der Waals surface area (Å²) in [5.74, 6) is 0. The Kier molecular flexibility index (Phi) is 2.97. The van der Waals surface area contributed by atoms with Crippen molar-refractivity contribution in [2.75, 3.05) is 0 Å². The summed E-state index contributed by atoms with van der Waals surface area (Å²) in [5.41, 5.74) is 2.87. The van der Waals surface area contributed by atoms with Crippen molar-refractivity contribution < 1.29 is 10.0 Å². The van der Waals surface area contributed by atoms with Crippen molar-refractivity contribution in [2.24, 2.45) is 0 Å². The third-order valence-electron chi connectivity index (χ3n) is 3.76. The Morgan fingerprint density at radius 3 is 2.37 bits per heavy atom. The first kappa shape index (κ1) is 12.8. The van der Waals surface area contributed by atoms with E-state index >= 15 is 0 Å². The van der Waals surface area contributed by atoms with E-state index in [1.165, 1.54) is 15.4 Å². The van der Waals surface area contributed by atoms with Crippen LogP contribution in [-0.4, -0.2) is 17.2 Å². The van der Waals surface area contributed by atoms with E-state index in [4.69, 9.17) is 0 Å². The van der Waals surface area contributed by atoms with Gasteiger partial charge >= 0.3 is 7.12 Å². The van der Waals surface area contributed by atoms with Crippen LogP contribution in [-0.2, 0) is 5.41 Å². The van der Waals surface area contributed by atoms with Gasteiger partial charge in [0.25, 0.3) is 0 Å². The average molecular weight is 270 g/mol. The van der Waals surface area contributed by atoms with E-state index in [2.05, 4.69) is 38.1 Å². The largest absolute Gasteiger partial charge is 0.488 e. The third kappa shape index (κ3) is 2.00. The van der Waals surface area contributed by atoms with E-state index in [-0.39, 0.29) is 5.41 Å². The van der Waals surface area contributed by atoms with E-state index in [0.717, 1.165) is 5.56 Å². The Morgan fingerprint density at radius 1 is 0.947 bits per heavy atom. The van der Waals surface area contributed by atoms with Gasteiger partial charge in [-0.3, -0.25) is 0 Å². The Hall–Kier alpha value is -1.23. The molecule has 3 rings (SSSR count). The van der Waals surface area contributed by atoms with Gasteiger partial charge in [0.15, 0.2) is 0 Å². The van der Waals surface area contributed by atoms with Gasteiger partial charge in [-0.2, -0.15) is 0 Å². The molecule has 0 amide bonds. The van der Waals surface area contributed by atoms with Crippen molar-refractivity contribution in [3.05, 3.63) is 53.6 Å². The molecule has 2 aromatic rings. The van der Waals surface area contributed by atoms with Gasteiger partial charge in [-0.1, -0.05) is 55.9 Å². The normalized spacial score (nSPS) is 15.6. The van der Waals surface area contributed by atoms with Gasteiger partial charge in [-0.05, 0) is 28.7 Å². The lowest BCUT2D eigenvalue weighted by Crippen LogP contribution is -2.33. The van der Waals surface area contributed by atoms with E-state index in [1.807, 2.05) is 12.1 Å². The van der Waals surface area contributed by atoms with Crippen molar-refractivity contribution in [3.63, 3.8) is 0 Å². The summed E-state index contributed by atoms with van der Waals surface area (Å²) in [6.07, 6.45) is 0. The van der Waals surface area contributed by atoms with Crippen LogP contribution in [0, 0.1) is 0 Å². The molecule has 0 saturated heterocycles. The minimum atomic E-state index is -1.41. The number of hydrogen-bond acceptors (Lipinski definition) is 3. The number of rotatable bonds is 1. The summed E-state index contributed by atoms with van der Waals surface area (Å²) < 4.78 is 0. The molecule has 2 N–H and O–H groups in total. The molecule has 0 radical (unpaired) electrons. The molecule has 4 heteroatoms. The molecule has 1 aliphatic heterocycles. The van der Waals surface area contributed by atoms with Crippen LogP contribution >= 0.6 is 11.8 Å². The maximum atomic E-state index is 9.34. The van der Waals surface area contributed by atoms with Crippen LogP contribution in [0.3, 0.4) is 0 Å². The van der Waals surface area contributed by atoms with E-state index in [0.29, 0.717) is 5.46 Å². The summed E-state index contributed by atoms with van der Waals surface area (Å²) in [4.78, 5) is 2.46. The first-order valence-electron chi connectivity index (χ1n) is 6.28. The summed E-state index contributed by atoms with van der Waals surface area (Å²) in [5, 5.41) is 18.7. The predicted octanol–water partition coefficient (Wildman–Crippen LogP) is 2.16. The third-order valence-corrected chi connectivity index (χ3v) is 4.91. The van der Waals surface area contributed by atoms with Crippen molar-refractivity contribution in [3.8, 4) is 0 Å². The fraction of sp³-hybridized carbons (Fsp3) is 0.200. The molecule has 0 bridgehead atoms. The lowest BCUT2D eigenvalue weighted by atomic mass is 9.73. The molecule has 0 saturated carbocycles. The minimum Gasteiger partial charge on any atom is -0.423 e. The second kappa shape index (κ2) is 4.41. The smallest absolute Gasteiger partial charge is 0.423 e. The molecule has 2 aromatic carbocycles. The summed E-state index contributed by atoms with van der Waals surface area (Å²) >= 11 is 1.74. The molecular formula is C15H15BO2S. The first-order chi connectivity index (χ1) is 9.00. The molecule has 0 aliphatic carbocycles. The van der Waals surface area contributed by atoms with Gasteiger partial charge in [0.1, 0.15) is 0 Å². The van der Waals surface area contributed by atoms with Crippen LogP contribution < -0.4 is 5.46 Å². The highest BCUT2D eigenvalue weighted by Crippen LogP contribution is 2.48. The minimum absolute atomic E-state index is 0.123. The van der Waals surface area contributed by atoms with Gasteiger partial charge in [0.05, 0.1) is 0 Å². The lowest BCUT2D eigenvalue weighted by molar-refractivity contribution is 0.425. The molecule has 1 heterocycles. The van der Waals surface area contributed by atoms with Crippen LogP contribution in [0.4, 0.5) is 0 Å². The fourth-order valence-electron chi connectivity index (χ4n) is 2.62. The van der Waals surface area contributed by atoms with E-state index in [9.17, 15) is 10.0 Å². The van der Waals surface area contributed by atoms with E-state index < -0.39 is 7.12 Å². The predicted molar refractivity (Wildman–Crippen MR) is 79.0 cm³/mol. The van der Waals surface area contributed by atoms with Gasteiger partial charge in [-0.15, -0.1) is 0 Å². The monoisotopic (exact) mass is 270 g/mol. The Balaban J connectivity index is 2.20.